The Kier molecular flexibility index (Phi) is 4.37. The molecule has 1 atom stereocenters. The van der Waals surface area contributed by atoms with Gasteiger partial charge in [-0.15, -0.1) is 0 Å². The Hall–Kier alpha value is -1.91. The van der Waals surface area contributed by atoms with Gasteiger partial charge >= 0.3 is 0 Å². The average molecular weight is 315 g/mol. The number of hydrogen-bond donors (Lipinski definition) is 0. The van der Waals surface area contributed by atoms with Crippen molar-refractivity contribution in [1.82, 2.24) is 14.8 Å². The van der Waals surface area contributed by atoms with Gasteiger partial charge in [0.15, 0.2) is 0 Å². The van der Waals surface area contributed by atoms with Gasteiger partial charge in [0.2, 0.25) is 5.91 Å². The van der Waals surface area contributed by atoms with Crippen molar-refractivity contribution < 1.29 is 9.59 Å². The zero-order chi connectivity index (χ0) is 16.4. The Bertz CT molecular complexity index is 595. The summed E-state index contributed by atoms with van der Waals surface area (Å²) in [5.41, 5.74) is 1.39. The summed E-state index contributed by atoms with van der Waals surface area (Å²) in [5, 5.41) is 0. The number of rotatable bonds is 2. The molecule has 2 aliphatic rings. The van der Waals surface area contributed by atoms with E-state index >= 15 is 0 Å². The highest BCUT2D eigenvalue weighted by molar-refractivity contribution is 5.94. The van der Waals surface area contributed by atoms with Gasteiger partial charge in [-0.1, -0.05) is 0 Å². The molecule has 0 radical (unpaired) electrons. The zero-order valence-electron chi connectivity index (χ0n) is 14.0. The van der Waals surface area contributed by atoms with Crippen LogP contribution >= 0.6 is 0 Å². The Morgan fingerprint density at radius 3 is 2.78 bits per heavy atom. The summed E-state index contributed by atoms with van der Waals surface area (Å²) in [5.74, 6) is 0.274. The standard InChI is InChI=1S/C18H25N3O2/c1-3-21-16(22)6-4-9-18(21)10-5-11-20(13-18)17(23)15-8-7-14(2)19-12-15/h7-8,12H,3-6,9-11,13H2,1-2H3. The lowest BCUT2D eigenvalue weighted by molar-refractivity contribution is -0.144. The van der Waals surface area contributed by atoms with E-state index in [9.17, 15) is 9.59 Å². The van der Waals surface area contributed by atoms with Crippen molar-refractivity contribution in [2.45, 2.75) is 51.5 Å². The zero-order valence-corrected chi connectivity index (χ0v) is 14.0. The van der Waals surface area contributed by atoms with Crippen molar-refractivity contribution in [3.05, 3.63) is 29.6 Å². The van der Waals surface area contributed by atoms with E-state index in [0.717, 1.165) is 44.5 Å². The average Bonchev–Trinajstić information content (AvgIpc) is 2.55. The normalized spacial score (nSPS) is 25.0. The van der Waals surface area contributed by atoms with E-state index in [-0.39, 0.29) is 17.4 Å². The van der Waals surface area contributed by atoms with Gasteiger partial charge in [-0.3, -0.25) is 14.6 Å². The summed E-state index contributed by atoms with van der Waals surface area (Å²) >= 11 is 0. The Morgan fingerprint density at radius 2 is 2.09 bits per heavy atom. The van der Waals surface area contributed by atoms with E-state index < -0.39 is 0 Å². The van der Waals surface area contributed by atoms with Gasteiger partial charge in [-0.25, -0.2) is 0 Å². The summed E-state index contributed by atoms with van der Waals surface area (Å²) in [6.45, 7) is 6.10. The fraction of sp³-hybridized carbons (Fsp3) is 0.611. The number of likely N-dealkylation sites (N-methyl/N-ethyl adjacent to an activating group) is 1. The van der Waals surface area contributed by atoms with Crippen LogP contribution in [0.25, 0.3) is 0 Å². The molecule has 3 rings (SSSR count). The van der Waals surface area contributed by atoms with Gasteiger partial charge in [0, 0.05) is 37.9 Å². The molecule has 0 bridgehead atoms. The third-order valence-corrected chi connectivity index (χ3v) is 5.22. The number of carbonyl (C=O) groups is 2. The number of amides is 2. The lowest BCUT2D eigenvalue weighted by Crippen LogP contribution is -2.63. The lowest BCUT2D eigenvalue weighted by atomic mass is 9.79. The molecule has 0 aromatic carbocycles. The van der Waals surface area contributed by atoms with Gasteiger partial charge in [0.25, 0.3) is 5.91 Å². The largest absolute Gasteiger partial charge is 0.336 e. The van der Waals surface area contributed by atoms with Gasteiger partial charge in [0.05, 0.1) is 11.1 Å². The maximum absolute atomic E-state index is 12.8. The first-order valence-corrected chi connectivity index (χ1v) is 8.58. The van der Waals surface area contributed by atoms with E-state index in [1.165, 1.54) is 0 Å². The van der Waals surface area contributed by atoms with Crippen molar-refractivity contribution >= 4 is 11.8 Å². The Morgan fingerprint density at radius 1 is 1.30 bits per heavy atom. The number of piperidine rings is 2. The van der Waals surface area contributed by atoms with E-state index in [1.54, 1.807) is 6.20 Å². The van der Waals surface area contributed by atoms with Gasteiger partial charge < -0.3 is 9.80 Å². The third kappa shape index (κ3) is 2.96. The highest BCUT2D eigenvalue weighted by atomic mass is 16.2. The number of aryl methyl sites for hydroxylation is 1. The molecule has 23 heavy (non-hydrogen) atoms. The van der Waals surface area contributed by atoms with Crippen molar-refractivity contribution in [2.75, 3.05) is 19.6 Å². The molecule has 0 aliphatic carbocycles. The molecule has 2 saturated heterocycles. The first-order chi connectivity index (χ1) is 11.1. The fourth-order valence-corrected chi connectivity index (χ4v) is 4.10. The minimum Gasteiger partial charge on any atom is -0.336 e. The second-order valence-corrected chi connectivity index (χ2v) is 6.73. The van der Waals surface area contributed by atoms with Crippen molar-refractivity contribution in [3.63, 3.8) is 0 Å². The molecule has 5 nitrogen and oxygen atoms in total. The summed E-state index contributed by atoms with van der Waals surface area (Å²) in [4.78, 5) is 33.3. The summed E-state index contributed by atoms with van der Waals surface area (Å²) in [7, 11) is 0. The predicted molar refractivity (Wildman–Crippen MR) is 88.1 cm³/mol. The van der Waals surface area contributed by atoms with Crippen LogP contribution in [0.2, 0.25) is 0 Å². The monoisotopic (exact) mass is 315 g/mol. The number of pyridine rings is 1. The lowest BCUT2D eigenvalue weighted by Gasteiger charge is -2.51. The molecule has 1 aromatic heterocycles. The molecule has 0 N–H and O–H groups in total. The highest BCUT2D eigenvalue weighted by Crippen LogP contribution is 2.36. The molecule has 2 aliphatic heterocycles. The topological polar surface area (TPSA) is 53.5 Å². The van der Waals surface area contributed by atoms with Crippen molar-refractivity contribution in [3.8, 4) is 0 Å². The van der Waals surface area contributed by atoms with E-state index in [4.69, 9.17) is 0 Å². The number of carbonyl (C=O) groups excluding carboxylic acids is 2. The maximum atomic E-state index is 12.8. The summed E-state index contributed by atoms with van der Waals surface area (Å²) < 4.78 is 0. The molecular weight excluding hydrogens is 290 g/mol. The number of likely N-dealkylation sites (tertiary alicyclic amines) is 2. The van der Waals surface area contributed by atoms with E-state index in [0.29, 0.717) is 18.5 Å². The van der Waals surface area contributed by atoms with Crippen LogP contribution in [-0.4, -0.2) is 51.8 Å². The van der Waals surface area contributed by atoms with Crippen molar-refractivity contribution in [1.29, 1.82) is 0 Å². The molecule has 1 spiro atoms. The van der Waals surface area contributed by atoms with E-state index in [1.807, 2.05) is 35.8 Å². The molecule has 124 valence electrons. The van der Waals surface area contributed by atoms with Gasteiger partial charge in [0.1, 0.15) is 0 Å². The molecule has 3 heterocycles. The van der Waals surface area contributed by atoms with Crippen LogP contribution in [0.15, 0.2) is 18.3 Å². The minimum atomic E-state index is -0.157. The molecule has 5 heteroatoms. The van der Waals surface area contributed by atoms with Crippen LogP contribution in [0, 0.1) is 6.92 Å². The maximum Gasteiger partial charge on any atom is 0.255 e. The Balaban J connectivity index is 1.81. The smallest absolute Gasteiger partial charge is 0.255 e. The summed E-state index contributed by atoms with van der Waals surface area (Å²) in [6.07, 6.45) is 6.19. The van der Waals surface area contributed by atoms with Gasteiger partial charge in [-0.05, 0) is 51.7 Å². The quantitative estimate of drug-likeness (QED) is 0.842. The van der Waals surface area contributed by atoms with Crippen LogP contribution in [0.3, 0.4) is 0 Å². The third-order valence-electron chi connectivity index (χ3n) is 5.22. The minimum absolute atomic E-state index is 0.0330. The van der Waals surface area contributed by atoms with Crippen molar-refractivity contribution in [2.24, 2.45) is 0 Å². The number of aromatic nitrogens is 1. The number of hydrogen-bond acceptors (Lipinski definition) is 3. The molecule has 1 aromatic rings. The molecule has 1 unspecified atom stereocenters. The van der Waals surface area contributed by atoms with Crippen LogP contribution in [0.5, 0.6) is 0 Å². The van der Waals surface area contributed by atoms with E-state index in [2.05, 4.69) is 4.98 Å². The highest BCUT2D eigenvalue weighted by Gasteiger charge is 2.45. The fourth-order valence-electron chi connectivity index (χ4n) is 4.10. The second kappa shape index (κ2) is 6.30. The number of nitrogens with zero attached hydrogens (tertiary/aromatic N) is 3. The van der Waals surface area contributed by atoms with Crippen LogP contribution in [0.4, 0.5) is 0 Å². The molecule has 2 amide bonds. The molecule has 2 fully saturated rings. The van der Waals surface area contributed by atoms with Crippen LogP contribution in [0.1, 0.15) is 55.1 Å². The Labute approximate surface area is 137 Å². The van der Waals surface area contributed by atoms with Crippen LogP contribution < -0.4 is 0 Å². The second-order valence-electron chi connectivity index (χ2n) is 6.73. The first kappa shape index (κ1) is 16.0. The van der Waals surface area contributed by atoms with Gasteiger partial charge in [-0.2, -0.15) is 0 Å². The SMILES string of the molecule is CCN1C(=O)CCCC12CCCN(C(=O)c1ccc(C)nc1)C2. The first-order valence-electron chi connectivity index (χ1n) is 8.58. The predicted octanol–water partition coefficient (Wildman–Crippen LogP) is 2.40. The summed E-state index contributed by atoms with van der Waals surface area (Å²) in [6, 6.07) is 3.71. The molecular formula is C18H25N3O2. The van der Waals surface area contributed by atoms with Crippen LogP contribution in [-0.2, 0) is 4.79 Å². The molecule has 0 saturated carbocycles.